The summed E-state index contributed by atoms with van der Waals surface area (Å²) in [4.78, 5) is 13.0. The maximum atomic E-state index is 13.0. The molecule has 3 aromatic rings. The molecule has 0 heterocycles. The summed E-state index contributed by atoms with van der Waals surface area (Å²) in [5.74, 6) is 0.0775. The zero-order valence-electron chi connectivity index (χ0n) is 12.0. The van der Waals surface area contributed by atoms with Gasteiger partial charge in [-0.05, 0) is 53.9 Å². The largest absolute Gasteiger partial charge is 0.289 e. The fourth-order valence-electron chi connectivity index (χ4n) is 2.69. The van der Waals surface area contributed by atoms with Gasteiger partial charge in [0.15, 0.2) is 5.78 Å². The Labute approximate surface area is 132 Å². The minimum Gasteiger partial charge on any atom is -0.289 e. The topological polar surface area (TPSA) is 17.1 Å². The Bertz CT molecular complexity index is 829. The maximum absolute atomic E-state index is 13.0. The van der Waals surface area contributed by atoms with Crippen molar-refractivity contribution in [3.63, 3.8) is 0 Å². The molecule has 0 saturated carbocycles. The summed E-state index contributed by atoms with van der Waals surface area (Å²) in [6.07, 6.45) is 0. The van der Waals surface area contributed by atoms with Crippen LogP contribution >= 0.6 is 15.9 Å². The molecule has 0 unspecified atom stereocenters. The number of hydrogen-bond acceptors (Lipinski definition) is 1. The van der Waals surface area contributed by atoms with Crippen molar-refractivity contribution in [3.8, 4) is 0 Å². The Hall–Kier alpha value is -1.93. The highest BCUT2D eigenvalue weighted by molar-refractivity contribution is 9.10. The third kappa shape index (κ3) is 2.64. The quantitative estimate of drug-likeness (QED) is 0.568. The van der Waals surface area contributed by atoms with Crippen molar-refractivity contribution in [2.45, 2.75) is 13.8 Å². The van der Waals surface area contributed by atoms with Crippen LogP contribution in [0, 0.1) is 13.8 Å². The summed E-state index contributed by atoms with van der Waals surface area (Å²) in [7, 11) is 0. The van der Waals surface area contributed by atoms with Crippen molar-refractivity contribution in [2.24, 2.45) is 0 Å². The van der Waals surface area contributed by atoms with E-state index in [1.807, 2.05) is 62.4 Å². The molecule has 0 amide bonds. The van der Waals surface area contributed by atoms with Crippen LogP contribution in [-0.2, 0) is 0 Å². The Kier molecular flexibility index (Phi) is 3.64. The number of carbonyl (C=O) groups is 1. The molecule has 0 N–H and O–H groups in total. The van der Waals surface area contributed by atoms with E-state index in [-0.39, 0.29) is 5.78 Å². The van der Waals surface area contributed by atoms with Crippen LogP contribution in [0.4, 0.5) is 0 Å². The number of rotatable bonds is 2. The van der Waals surface area contributed by atoms with Crippen LogP contribution < -0.4 is 0 Å². The molecule has 1 nitrogen and oxygen atoms in total. The van der Waals surface area contributed by atoms with Gasteiger partial charge in [-0.3, -0.25) is 4.79 Å². The Morgan fingerprint density at radius 1 is 0.952 bits per heavy atom. The average Bonchev–Trinajstić information content (AvgIpc) is 2.45. The van der Waals surface area contributed by atoms with E-state index in [1.165, 1.54) is 0 Å². The summed E-state index contributed by atoms with van der Waals surface area (Å²) in [6.45, 7) is 3.99. The molecule has 3 rings (SSSR count). The first kappa shape index (κ1) is 14.0. The predicted molar refractivity (Wildman–Crippen MR) is 91.0 cm³/mol. The summed E-state index contributed by atoms with van der Waals surface area (Å²) < 4.78 is 0.934. The molecule has 21 heavy (non-hydrogen) atoms. The van der Waals surface area contributed by atoms with Crippen molar-refractivity contribution in [2.75, 3.05) is 0 Å². The standard InChI is InChI=1S/C19H15BrO/c1-12-9-15(11-16(20)10-12)19(21)18-13(2)7-8-14-5-3-4-6-17(14)18/h3-11H,1-2H3. The normalized spacial score (nSPS) is 10.8. The minimum absolute atomic E-state index is 0.0775. The maximum Gasteiger partial charge on any atom is 0.193 e. The third-order valence-electron chi connectivity index (χ3n) is 3.67. The van der Waals surface area contributed by atoms with Gasteiger partial charge in [0.2, 0.25) is 0 Å². The van der Waals surface area contributed by atoms with E-state index in [2.05, 4.69) is 22.0 Å². The number of fused-ring (bicyclic) bond motifs is 1. The van der Waals surface area contributed by atoms with Gasteiger partial charge in [-0.25, -0.2) is 0 Å². The smallest absolute Gasteiger partial charge is 0.193 e. The molecule has 104 valence electrons. The summed E-state index contributed by atoms with van der Waals surface area (Å²) in [5.41, 5.74) is 3.61. The van der Waals surface area contributed by atoms with E-state index in [0.29, 0.717) is 0 Å². The Morgan fingerprint density at radius 3 is 2.48 bits per heavy atom. The summed E-state index contributed by atoms with van der Waals surface area (Å²) in [5, 5.41) is 2.11. The van der Waals surface area contributed by atoms with Crippen LogP contribution in [0.2, 0.25) is 0 Å². The fourth-order valence-corrected chi connectivity index (χ4v) is 3.30. The Morgan fingerprint density at radius 2 is 1.71 bits per heavy atom. The van der Waals surface area contributed by atoms with Crippen LogP contribution in [0.15, 0.2) is 59.1 Å². The van der Waals surface area contributed by atoms with Crippen molar-refractivity contribution >= 4 is 32.5 Å². The van der Waals surface area contributed by atoms with Gasteiger partial charge in [-0.15, -0.1) is 0 Å². The molecule has 0 radical (unpaired) electrons. The van der Waals surface area contributed by atoms with Gasteiger partial charge in [0.1, 0.15) is 0 Å². The number of halogens is 1. The van der Waals surface area contributed by atoms with Gasteiger partial charge in [0.25, 0.3) is 0 Å². The van der Waals surface area contributed by atoms with Gasteiger partial charge in [0.05, 0.1) is 0 Å². The lowest BCUT2D eigenvalue weighted by atomic mass is 9.93. The zero-order chi connectivity index (χ0) is 15.0. The molecule has 0 aliphatic rings. The number of ketones is 1. The van der Waals surface area contributed by atoms with E-state index in [9.17, 15) is 4.79 Å². The van der Waals surface area contributed by atoms with Gasteiger partial charge in [0, 0.05) is 15.6 Å². The van der Waals surface area contributed by atoms with Crippen molar-refractivity contribution < 1.29 is 4.79 Å². The van der Waals surface area contributed by atoms with E-state index < -0.39 is 0 Å². The van der Waals surface area contributed by atoms with Gasteiger partial charge in [-0.2, -0.15) is 0 Å². The number of carbonyl (C=O) groups excluding carboxylic acids is 1. The lowest BCUT2D eigenvalue weighted by Crippen LogP contribution is -2.05. The summed E-state index contributed by atoms with van der Waals surface area (Å²) >= 11 is 3.47. The highest BCUT2D eigenvalue weighted by Gasteiger charge is 2.15. The third-order valence-corrected chi connectivity index (χ3v) is 4.13. The predicted octanol–water partition coefficient (Wildman–Crippen LogP) is 5.45. The monoisotopic (exact) mass is 338 g/mol. The van der Waals surface area contributed by atoms with Crippen LogP contribution in [0.1, 0.15) is 27.0 Å². The average molecular weight is 339 g/mol. The van der Waals surface area contributed by atoms with Crippen LogP contribution in [0.25, 0.3) is 10.8 Å². The highest BCUT2D eigenvalue weighted by atomic mass is 79.9. The first-order chi connectivity index (χ1) is 10.1. The second kappa shape index (κ2) is 5.45. The summed E-state index contributed by atoms with van der Waals surface area (Å²) in [6, 6.07) is 17.9. The van der Waals surface area contributed by atoms with Gasteiger partial charge >= 0.3 is 0 Å². The number of aryl methyl sites for hydroxylation is 2. The second-order valence-electron chi connectivity index (χ2n) is 5.32. The lowest BCUT2D eigenvalue weighted by Gasteiger charge is -2.10. The van der Waals surface area contributed by atoms with Crippen LogP contribution in [-0.4, -0.2) is 5.78 Å². The Balaban J connectivity index is 2.24. The molecule has 3 aromatic carbocycles. The minimum atomic E-state index is 0.0775. The molecule has 0 fully saturated rings. The number of hydrogen-bond donors (Lipinski definition) is 0. The second-order valence-corrected chi connectivity index (χ2v) is 6.24. The molecule has 0 atom stereocenters. The van der Waals surface area contributed by atoms with E-state index in [0.717, 1.165) is 37.5 Å². The fraction of sp³-hybridized carbons (Fsp3) is 0.105. The zero-order valence-corrected chi connectivity index (χ0v) is 13.6. The van der Waals surface area contributed by atoms with Gasteiger partial charge in [-0.1, -0.05) is 52.3 Å². The van der Waals surface area contributed by atoms with Crippen LogP contribution in [0.5, 0.6) is 0 Å². The molecule has 0 saturated heterocycles. The first-order valence-electron chi connectivity index (χ1n) is 6.86. The van der Waals surface area contributed by atoms with E-state index in [1.54, 1.807) is 0 Å². The SMILES string of the molecule is Cc1cc(Br)cc(C(=O)c2c(C)ccc3ccccc23)c1. The molecule has 0 aromatic heterocycles. The number of benzene rings is 3. The molecule has 0 bridgehead atoms. The van der Waals surface area contributed by atoms with Gasteiger partial charge < -0.3 is 0 Å². The van der Waals surface area contributed by atoms with E-state index in [4.69, 9.17) is 0 Å². The molecular formula is C19H15BrO. The lowest BCUT2D eigenvalue weighted by molar-refractivity contribution is 0.103. The van der Waals surface area contributed by atoms with Crippen LogP contribution in [0.3, 0.4) is 0 Å². The first-order valence-corrected chi connectivity index (χ1v) is 7.66. The molecule has 0 spiro atoms. The molecular weight excluding hydrogens is 324 g/mol. The molecule has 0 aliphatic carbocycles. The van der Waals surface area contributed by atoms with Crippen molar-refractivity contribution in [3.05, 3.63) is 81.3 Å². The van der Waals surface area contributed by atoms with E-state index >= 15 is 0 Å². The van der Waals surface area contributed by atoms with Crippen molar-refractivity contribution in [1.29, 1.82) is 0 Å². The van der Waals surface area contributed by atoms with Crippen molar-refractivity contribution in [1.82, 2.24) is 0 Å². The highest BCUT2D eigenvalue weighted by Crippen LogP contribution is 2.26. The molecule has 2 heteroatoms. The molecule has 0 aliphatic heterocycles.